The van der Waals surface area contributed by atoms with E-state index in [0.717, 1.165) is 17.8 Å². The van der Waals surface area contributed by atoms with E-state index < -0.39 is 0 Å². The first kappa shape index (κ1) is 13.2. The van der Waals surface area contributed by atoms with Gasteiger partial charge in [-0.1, -0.05) is 17.7 Å². The molecular weight excluding hydrogens is 250 g/mol. The third-order valence-electron chi connectivity index (χ3n) is 3.24. The maximum absolute atomic E-state index is 11.9. The molecule has 1 amide bonds. The van der Waals surface area contributed by atoms with E-state index in [9.17, 15) is 4.79 Å². The van der Waals surface area contributed by atoms with Crippen molar-refractivity contribution in [3.63, 3.8) is 0 Å². The van der Waals surface area contributed by atoms with Crippen LogP contribution in [0, 0.1) is 6.92 Å². The molecule has 98 valence electrons. The van der Waals surface area contributed by atoms with E-state index in [1.807, 2.05) is 36.9 Å². The van der Waals surface area contributed by atoms with Crippen molar-refractivity contribution >= 4 is 23.2 Å². The maximum Gasteiger partial charge on any atom is 0.244 e. The average molecular weight is 268 g/mol. The van der Waals surface area contributed by atoms with Crippen molar-refractivity contribution in [2.24, 2.45) is 5.73 Å². The largest absolute Gasteiger partial charge is 0.356 e. The van der Waals surface area contributed by atoms with Gasteiger partial charge in [0.05, 0.1) is 0 Å². The quantitative estimate of drug-likeness (QED) is 0.849. The summed E-state index contributed by atoms with van der Waals surface area (Å²) in [6.07, 6.45) is 0. The van der Waals surface area contributed by atoms with E-state index in [4.69, 9.17) is 17.3 Å². The van der Waals surface area contributed by atoms with Crippen LogP contribution in [0.1, 0.15) is 12.5 Å². The van der Waals surface area contributed by atoms with E-state index in [1.165, 1.54) is 0 Å². The van der Waals surface area contributed by atoms with Crippen molar-refractivity contribution in [2.75, 3.05) is 18.0 Å². The monoisotopic (exact) mass is 267 g/mol. The number of rotatable bonds is 2. The van der Waals surface area contributed by atoms with Gasteiger partial charge < -0.3 is 16.0 Å². The van der Waals surface area contributed by atoms with Gasteiger partial charge in [0.25, 0.3) is 0 Å². The van der Waals surface area contributed by atoms with Gasteiger partial charge in [0.15, 0.2) is 0 Å². The van der Waals surface area contributed by atoms with Crippen molar-refractivity contribution in [2.45, 2.75) is 25.9 Å². The van der Waals surface area contributed by atoms with Crippen LogP contribution < -0.4 is 16.0 Å². The first-order chi connectivity index (χ1) is 8.52. The molecule has 18 heavy (non-hydrogen) atoms. The fourth-order valence-corrected chi connectivity index (χ4v) is 2.51. The number of aryl methyl sites for hydroxylation is 1. The smallest absolute Gasteiger partial charge is 0.244 e. The summed E-state index contributed by atoms with van der Waals surface area (Å²) in [6, 6.07) is 5.50. The number of anilines is 1. The Morgan fingerprint density at radius 2 is 2.28 bits per heavy atom. The molecule has 2 atom stereocenters. The third kappa shape index (κ3) is 2.44. The standard InChI is InChI=1S/C13H18ClN3O/c1-8-3-4-10(14)5-11(8)17-7-9(2)16-13(18)12(17)6-15/h3-5,9,12H,6-7,15H2,1-2H3,(H,16,18). The van der Waals surface area contributed by atoms with E-state index >= 15 is 0 Å². The topological polar surface area (TPSA) is 58.4 Å². The number of carbonyl (C=O) groups excluding carboxylic acids is 1. The highest BCUT2D eigenvalue weighted by Crippen LogP contribution is 2.27. The van der Waals surface area contributed by atoms with E-state index in [1.54, 1.807) is 0 Å². The average Bonchev–Trinajstić information content (AvgIpc) is 2.31. The van der Waals surface area contributed by atoms with Crippen LogP contribution in [0.5, 0.6) is 0 Å². The molecule has 1 saturated heterocycles. The zero-order valence-corrected chi connectivity index (χ0v) is 11.4. The molecular formula is C13H18ClN3O. The van der Waals surface area contributed by atoms with Crippen LogP contribution in [0.15, 0.2) is 18.2 Å². The molecule has 0 aromatic heterocycles. The number of halogens is 1. The van der Waals surface area contributed by atoms with Crippen molar-refractivity contribution in [3.8, 4) is 0 Å². The minimum Gasteiger partial charge on any atom is -0.356 e. The Morgan fingerprint density at radius 3 is 2.94 bits per heavy atom. The summed E-state index contributed by atoms with van der Waals surface area (Å²) in [5, 5.41) is 3.59. The summed E-state index contributed by atoms with van der Waals surface area (Å²) in [6.45, 7) is 5.03. The predicted octanol–water partition coefficient (Wildman–Crippen LogP) is 1.30. The first-order valence-corrected chi connectivity index (χ1v) is 6.44. The third-order valence-corrected chi connectivity index (χ3v) is 3.48. The predicted molar refractivity (Wildman–Crippen MR) is 74.0 cm³/mol. The van der Waals surface area contributed by atoms with Crippen LogP contribution in [-0.2, 0) is 4.79 Å². The van der Waals surface area contributed by atoms with Gasteiger partial charge >= 0.3 is 0 Å². The van der Waals surface area contributed by atoms with Gasteiger partial charge in [-0.05, 0) is 31.5 Å². The molecule has 1 heterocycles. The van der Waals surface area contributed by atoms with E-state index in [-0.39, 0.29) is 18.0 Å². The number of amides is 1. The van der Waals surface area contributed by atoms with Gasteiger partial charge in [0.1, 0.15) is 6.04 Å². The molecule has 3 N–H and O–H groups in total. The van der Waals surface area contributed by atoms with E-state index in [0.29, 0.717) is 11.6 Å². The molecule has 1 aliphatic heterocycles. The van der Waals surface area contributed by atoms with Gasteiger partial charge in [0, 0.05) is 29.8 Å². The minimum absolute atomic E-state index is 0.0179. The Morgan fingerprint density at radius 1 is 1.56 bits per heavy atom. The highest BCUT2D eigenvalue weighted by Gasteiger charge is 2.32. The molecule has 0 spiro atoms. The number of hydrogen-bond acceptors (Lipinski definition) is 3. The number of nitrogens with zero attached hydrogens (tertiary/aromatic N) is 1. The lowest BCUT2D eigenvalue weighted by atomic mass is 10.1. The molecule has 1 aliphatic rings. The molecule has 0 bridgehead atoms. The lowest BCUT2D eigenvalue weighted by Gasteiger charge is -2.40. The Labute approximate surface area is 112 Å². The van der Waals surface area contributed by atoms with E-state index in [2.05, 4.69) is 5.32 Å². The number of benzene rings is 1. The normalized spacial score (nSPS) is 24.0. The molecule has 1 aromatic carbocycles. The molecule has 0 aliphatic carbocycles. The molecule has 5 heteroatoms. The zero-order chi connectivity index (χ0) is 13.3. The highest BCUT2D eigenvalue weighted by molar-refractivity contribution is 6.30. The molecule has 0 radical (unpaired) electrons. The molecule has 2 unspecified atom stereocenters. The van der Waals surface area contributed by atoms with Crippen LogP contribution in [0.25, 0.3) is 0 Å². The van der Waals surface area contributed by atoms with Crippen LogP contribution in [0.2, 0.25) is 5.02 Å². The Hall–Kier alpha value is -1.26. The van der Waals surface area contributed by atoms with Crippen molar-refractivity contribution in [1.29, 1.82) is 0 Å². The summed E-state index contributed by atoms with van der Waals surface area (Å²) >= 11 is 6.04. The Bertz CT molecular complexity index is 464. The first-order valence-electron chi connectivity index (χ1n) is 6.06. The van der Waals surface area contributed by atoms with Gasteiger partial charge in [0.2, 0.25) is 5.91 Å². The summed E-state index contributed by atoms with van der Waals surface area (Å²) in [7, 11) is 0. The Balaban J connectivity index is 2.39. The number of carbonyl (C=O) groups is 1. The Kier molecular flexibility index (Phi) is 3.78. The molecule has 0 saturated carbocycles. The molecule has 2 rings (SSSR count). The second kappa shape index (κ2) is 5.16. The fourth-order valence-electron chi connectivity index (χ4n) is 2.34. The highest BCUT2D eigenvalue weighted by atomic mass is 35.5. The molecule has 4 nitrogen and oxygen atoms in total. The van der Waals surface area contributed by atoms with Gasteiger partial charge in [-0.25, -0.2) is 0 Å². The lowest BCUT2D eigenvalue weighted by Crippen LogP contribution is -2.61. The summed E-state index contributed by atoms with van der Waals surface area (Å²) in [5.41, 5.74) is 7.80. The molecule has 1 fully saturated rings. The van der Waals surface area contributed by atoms with Crippen LogP contribution in [0.3, 0.4) is 0 Å². The maximum atomic E-state index is 11.9. The number of hydrogen-bond donors (Lipinski definition) is 2. The number of nitrogens with one attached hydrogen (secondary N) is 1. The van der Waals surface area contributed by atoms with Gasteiger partial charge in [-0.3, -0.25) is 4.79 Å². The summed E-state index contributed by atoms with van der Waals surface area (Å²) in [4.78, 5) is 14.0. The van der Waals surface area contributed by atoms with Crippen LogP contribution in [0.4, 0.5) is 5.69 Å². The number of nitrogens with two attached hydrogens (primary N) is 1. The minimum atomic E-state index is -0.321. The van der Waals surface area contributed by atoms with Crippen LogP contribution >= 0.6 is 11.6 Å². The van der Waals surface area contributed by atoms with Crippen LogP contribution in [-0.4, -0.2) is 31.1 Å². The number of piperazine rings is 1. The second-order valence-corrected chi connectivity index (χ2v) is 5.18. The molecule has 1 aromatic rings. The lowest BCUT2D eigenvalue weighted by molar-refractivity contribution is -0.123. The fraction of sp³-hybridized carbons (Fsp3) is 0.462. The zero-order valence-electron chi connectivity index (χ0n) is 10.6. The van der Waals surface area contributed by atoms with Crippen molar-refractivity contribution < 1.29 is 4.79 Å². The summed E-state index contributed by atoms with van der Waals surface area (Å²) < 4.78 is 0. The van der Waals surface area contributed by atoms with Crippen molar-refractivity contribution in [3.05, 3.63) is 28.8 Å². The van der Waals surface area contributed by atoms with Crippen molar-refractivity contribution in [1.82, 2.24) is 5.32 Å². The second-order valence-electron chi connectivity index (χ2n) is 4.74. The SMILES string of the molecule is Cc1ccc(Cl)cc1N1CC(C)NC(=O)C1CN. The van der Waals surface area contributed by atoms with Gasteiger partial charge in [-0.2, -0.15) is 0 Å². The van der Waals surface area contributed by atoms with Gasteiger partial charge in [-0.15, -0.1) is 0 Å². The summed E-state index contributed by atoms with van der Waals surface area (Å²) in [5.74, 6) is -0.0179.